The molecule has 15 heavy (non-hydrogen) atoms. The zero-order valence-corrected chi connectivity index (χ0v) is 10.9. The normalized spacial score (nSPS) is 24.5. The second-order valence-corrected chi connectivity index (χ2v) is 5.55. The van der Waals surface area contributed by atoms with E-state index in [1.54, 1.807) is 0 Å². The Kier molecular flexibility index (Phi) is 3.42. The van der Waals surface area contributed by atoms with E-state index in [-0.39, 0.29) is 0 Å². The third kappa shape index (κ3) is 3.28. The van der Waals surface area contributed by atoms with Gasteiger partial charge in [-0.25, -0.2) is 0 Å². The fraction of sp³-hybridized carbons (Fsp3) is 0.583. The zero-order valence-electron chi connectivity index (χ0n) is 9.28. The Balaban J connectivity index is 1.82. The van der Waals surface area contributed by atoms with Gasteiger partial charge in [0.2, 0.25) is 0 Å². The molecule has 1 saturated carbocycles. The minimum absolute atomic E-state index is 0.922. The highest BCUT2D eigenvalue weighted by atomic mass is 79.9. The van der Waals surface area contributed by atoms with E-state index in [2.05, 4.69) is 51.9 Å². The van der Waals surface area contributed by atoms with Gasteiger partial charge in [-0.1, -0.05) is 6.92 Å². The minimum atomic E-state index is 0.922. The van der Waals surface area contributed by atoms with Crippen LogP contribution in [0.25, 0.3) is 0 Å². The molecule has 0 N–H and O–H groups in total. The van der Waals surface area contributed by atoms with Crippen LogP contribution in [0, 0.1) is 11.8 Å². The fourth-order valence-corrected chi connectivity index (χ4v) is 2.13. The molecule has 2 rings (SSSR count). The fourth-order valence-electron chi connectivity index (χ4n) is 1.89. The van der Waals surface area contributed by atoms with Crippen molar-refractivity contribution in [2.75, 3.05) is 13.6 Å². The van der Waals surface area contributed by atoms with Crippen molar-refractivity contribution in [1.82, 2.24) is 9.88 Å². The number of halogens is 1. The van der Waals surface area contributed by atoms with E-state index in [9.17, 15) is 0 Å². The lowest BCUT2D eigenvalue weighted by Crippen LogP contribution is -2.21. The molecule has 82 valence electrons. The van der Waals surface area contributed by atoms with Crippen LogP contribution in [0.5, 0.6) is 0 Å². The van der Waals surface area contributed by atoms with Gasteiger partial charge in [-0.05, 0) is 53.4 Å². The highest BCUT2D eigenvalue weighted by Crippen LogP contribution is 2.38. The van der Waals surface area contributed by atoms with Gasteiger partial charge in [-0.15, -0.1) is 0 Å². The molecule has 2 nitrogen and oxygen atoms in total. The molecular formula is C12H17BrN2. The molecular weight excluding hydrogens is 252 g/mol. The van der Waals surface area contributed by atoms with Crippen molar-refractivity contribution in [2.24, 2.45) is 11.8 Å². The molecule has 0 amide bonds. The van der Waals surface area contributed by atoms with Crippen LogP contribution in [0.1, 0.15) is 19.0 Å². The number of pyridine rings is 1. The molecule has 1 aromatic heterocycles. The Labute approximate surface area is 99.8 Å². The summed E-state index contributed by atoms with van der Waals surface area (Å²) in [4.78, 5) is 6.74. The third-order valence-electron chi connectivity index (χ3n) is 3.04. The molecule has 2 atom stereocenters. The highest BCUT2D eigenvalue weighted by Gasteiger charge is 2.32. The largest absolute Gasteiger partial charge is 0.300 e. The number of hydrogen-bond donors (Lipinski definition) is 0. The lowest BCUT2D eigenvalue weighted by atomic mass is 10.3. The molecule has 0 saturated heterocycles. The zero-order chi connectivity index (χ0) is 10.8. The summed E-state index contributed by atoms with van der Waals surface area (Å²) in [6.45, 7) is 4.49. The Bertz CT molecular complexity index is 323. The molecule has 0 bridgehead atoms. The number of aromatic nitrogens is 1. The summed E-state index contributed by atoms with van der Waals surface area (Å²) in [7, 11) is 2.18. The smallest absolute Gasteiger partial charge is 0.0544 e. The lowest BCUT2D eigenvalue weighted by Gasteiger charge is -2.15. The van der Waals surface area contributed by atoms with Crippen LogP contribution in [0.15, 0.2) is 22.8 Å². The van der Waals surface area contributed by atoms with Crippen LogP contribution in [0.2, 0.25) is 0 Å². The van der Waals surface area contributed by atoms with Crippen LogP contribution < -0.4 is 0 Å². The van der Waals surface area contributed by atoms with Crippen LogP contribution >= 0.6 is 15.9 Å². The average molecular weight is 269 g/mol. The monoisotopic (exact) mass is 268 g/mol. The van der Waals surface area contributed by atoms with Gasteiger partial charge in [-0.3, -0.25) is 4.98 Å². The van der Waals surface area contributed by atoms with Gasteiger partial charge in [0.25, 0.3) is 0 Å². The van der Waals surface area contributed by atoms with Gasteiger partial charge in [-0.2, -0.15) is 0 Å². The molecule has 1 fully saturated rings. The second-order valence-electron chi connectivity index (χ2n) is 4.64. The topological polar surface area (TPSA) is 16.1 Å². The van der Waals surface area contributed by atoms with Gasteiger partial charge >= 0.3 is 0 Å². The van der Waals surface area contributed by atoms with Crippen molar-refractivity contribution >= 4 is 15.9 Å². The molecule has 2 unspecified atom stereocenters. The van der Waals surface area contributed by atoms with Gasteiger partial charge in [0.15, 0.2) is 0 Å². The first-order valence-corrected chi connectivity index (χ1v) is 6.23. The van der Waals surface area contributed by atoms with Crippen LogP contribution in [0.4, 0.5) is 0 Å². The molecule has 1 heterocycles. The summed E-state index contributed by atoms with van der Waals surface area (Å²) >= 11 is 3.39. The Morgan fingerprint density at radius 3 is 2.80 bits per heavy atom. The Morgan fingerprint density at radius 2 is 2.27 bits per heavy atom. The molecule has 0 aromatic carbocycles. The highest BCUT2D eigenvalue weighted by molar-refractivity contribution is 9.10. The van der Waals surface area contributed by atoms with E-state index in [1.165, 1.54) is 13.0 Å². The van der Waals surface area contributed by atoms with E-state index in [1.807, 2.05) is 6.20 Å². The number of hydrogen-bond acceptors (Lipinski definition) is 2. The first-order chi connectivity index (χ1) is 7.15. The molecule has 1 aromatic rings. The summed E-state index contributed by atoms with van der Waals surface area (Å²) in [6, 6.07) is 4.13. The Morgan fingerprint density at radius 1 is 1.53 bits per heavy atom. The minimum Gasteiger partial charge on any atom is -0.300 e. The summed E-state index contributed by atoms with van der Waals surface area (Å²) < 4.78 is 1.05. The summed E-state index contributed by atoms with van der Waals surface area (Å²) in [6.07, 6.45) is 3.26. The van der Waals surface area contributed by atoms with Crippen molar-refractivity contribution < 1.29 is 0 Å². The van der Waals surface area contributed by atoms with Crippen LogP contribution in [0.3, 0.4) is 0 Å². The maximum Gasteiger partial charge on any atom is 0.0544 e. The van der Waals surface area contributed by atoms with Crippen LogP contribution in [-0.4, -0.2) is 23.5 Å². The average Bonchev–Trinajstić information content (AvgIpc) is 2.86. The molecule has 3 heteroatoms. The van der Waals surface area contributed by atoms with Crippen molar-refractivity contribution in [3.63, 3.8) is 0 Å². The molecule has 1 aliphatic carbocycles. The standard InChI is InChI=1S/C12H17BrN2/c1-9-5-10(9)7-15(2)8-12-4-3-11(13)6-14-12/h3-4,6,9-10H,5,7-8H2,1-2H3. The molecule has 0 aliphatic heterocycles. The van der Waals surface area contributed by atoms with E-state index >= 15 is 0 Å². The van der Waals surface area contributed by atoms with Gasteiger partial charge in [0.1, 0.15) is 0 Å². The van der Waals surface area contributed by atoms with E-state index < -0.39 is 0 Å². The van der Waals surface area contributed by atoms with E-state index in [0.717, 1.165) is 28.5 Å². The predicted molar refractivity (Wildman–Crippen MR) is 65.5 cm³/mol. The first-order valence-electron chi connectivity index (χ1n) is 5.44. The van der Waals surface area contributed by atoms with Crippen molar-refractivity contribution in [2.45, 2.75) is 19.9 Å². The van der Waals surface area contributed by atoms with Gasteiger partial charge in [0.05, 0.1) is 5.69 Å². The quantitative estimate of drug-likeness (QED) is 0.835. The first kappa shape index (κ1) is 11.1. The number of rotatable bonds is 4. The van der Waals surface area contributed by atoms with Crippen LogP contribution in [-0.2, 0) is 6.54 Å². The SMILES string of the molecule is CC1CC1CN(C)Cc1ccc(Br)cn1. The Hall–Kier alpha value is -0.410. The predicted octanol–water partition coefficient (Wildman–Crippen LogP) is 2.93. The van der Waals surface area contributed by atoms with Gasteiger partial charge in [0, 0.05) is 23.8 Å². The van der Waals surface area contributed by atoms with E-state index in [0.29, 0.717) is 0 Å². The maximum atomic E-state index is 4.38. The number of nitrogens with zero attached hydrogens (tertiary/aromatic N) is 2. The third-order valence-corrected chi connectivity index (χ3v) is 3.51. The lowest BCUT2D eigenvalue weighted by molar-refractivity contribution is 0.304. The summed E-state index contributed by atoms with van der Waals surface area (Å²) in [5.74, 6) is 1.86. The second kappa shape index (κ2) is 4.62. The maximum absolute atomic E-state index is 4.38. The van der Waals surface area contributed by atoms with Gasteiger partial charge < -0.3 is 4.90 Å². The van der Waals surface area contributed by atoms with E-state index in [4.69, 9.17) is 0 Å². The molecule has 1 aliphatic rings. The van der Waals surface area contributed by atoms with Crippen molar-refractivity contribution in [3.05, 3.63) is 28.5 Å². The molecule has 0 spiro atoms. The van der Waals surface area contributed by atoms with Crippen molar-refractivity contribution in [1.29, 1.82) is 0 Å². The molecule has 0 radical (unpaired) electrons. The summed E-state index contributed by atoms with van der Waals surface area (Å²) in [5.41, 5.74) is 1.15. The summed E-state index contributed by atoms with van der Waals surface area (Å²) in [5, 5.41) is 0. The van der Waals surface area contributed by atoms with Crippen molar-refractivity contribution in [3.8, 4) is 0 Å².